The van der Waals surface area contributed by atoms with Crippen molar-refractivity contribution in [2.75, 3.05) is 0 Å². The van der Waals surface area contributed by atoms with Crippen LogP contribution in [-0.4, -0.2) is 36.2 Å². The third-order valence-corrected chi connectivity index (χ3v) is 4.27. The van der Waals surface area contributed by atoms with Gasteiger partial charge in [-0.05, 0) is 11.5 Å². The van der Waals surface area contributed by atoms with Gasteiger partial charge in [-0.3, -0.25) is 9.11 Å². The van der Waals surface area contributed by atoms with Gasteiger partial charge in [0.2, 0.25) is 0 Å². The van der Waals surface area contributed by atoms with E-state index in [1.165, 1.54) is 6.07 Å². The summed E-state index contributed by atoms with van der Waals surface area (Å²) in [7, 11) is -10.6. The normalized spacial score (nSPS) is 11.7. The molecule has 20 heavy (non-hydrogen) atoms. The molecular weight excluding hydrogens is 312 g/mol. The minimum absolute atomic E-state index is 0.0481. The van der Waals surface area contributed by atoms with E-state index in [0.29, 0.717) is 5.39 Å². The molecule has 0 radical (unpaired) electrons. The third-order valence-electron chi connectivity index (χ3n) is 2.15. The summed E-state index contributed by atoms with van der Waals surface area (Å²) in [5.74, 6) is -0.123. The highest BCUT2D eigenvalue weighted by molar-refractivity contribution is 8.62. The number of aromatic hydroxyl groups is 2. The molecule has 0 aliphatic rings. The van der Waals surface area contributed by atoms with E-state index in [0.717, 1.165) is 5.39 Å². The van der Waals surface area contributed by atoms with Crippen molar-refractivity contribution in [1.82, 2.24) is 0 Å². The van der Waals surface area contributed by atoms with Crippen LogP contribution < -0.4 is 0 Å². The van der Waals surface area contributed by atoms with Crippen molar-refractivity contribution in [3.8, 4) is 11.5 Å². The monoisotopic (exact) mass is 322 g/mol. The first-order valence-corrected chi connectivity index (χ1v) is 8.28. The van der Waals surface area contributed by atoms with Crippen molar-refractivity contribution in [2.24, 2.45) is 0 Å². The van der Waals surface area contributed by atoms with E-state index < -0.39 is 18.3 Å². The Balaban J connectivity index is 0.000000221. The highest BCUT2D eigenvalue weighted by Gasteiger charge is 2.22. The number of hydrogen-bond donors (Lipinski definition) is 4. The van der Waals surface area contributed by atoms with E-state index in [1.807, 2.05) is 18.2 Å². The second-order valence-corrected chi connectivity index (χ2v) is 7.75. The fraction of sp³-hybridized carbons (Fsp3) is 0. The van der Waals surface area contributed by atoms with Gasteiger partial charge in [0.15, 0.2) is 11.5 Å². The van der Waals surface area contributed by atoms with Crippen LogP contribution in [0.4, 0.5) is 0 Å². The maximum atomic E-state index is 9.41. The Morgan fingerprint density at radius 3 is 1.75 bits per heavy atom. The minimum Gasteiger partial charge on any atom is -0.504 e. The van der Waals surface area contributed by atoms with Crippen LogP contribution in [0.3, 0.4) is 0 Å². The molecule has 0 amide bonds. The molecule has 10 heteroatoms. The van der Waals surface area contributed by atoms with E-state index >= 15 is 0 Å². The van der Waals surface area contributed by atoms with Crippen LogP contribution in [0.5, 0.6) is 11.5 Å². The van der Waals surface area contributed by atoms with Crippen molar-refractivity contribution in [3.05, 3.63) is 36.4 Å². The van der Waals surface area contributed by atoms with Crippen molar-refractivity contribution >= 4 is 29.1 Å². The molecule has 2 aromatic carbocycles. The van der Waals surface area contributed by atoms with Crippen LogP contribution in [0.2, 0.25) is 0 Å². The van der Waals surface area contributed by atoms with Gasteiger partial charge in [-0.1, -0.05) is 30.3 Å². The minimum atomic E-state index is -5.31. The first kappa shape index (κ1) is 16.2. The molecule has 4 N–H and O–H groups in total. The molecule has 0 saturated heterocycles. The Bertz CT molecular complexity index is 793. The van der Waals surface area contributed by atoms with Gasteiger partial charge in [0, 0.05) is 5.39 Å². The Labute approximate surface area is 113 Å². The number of rotatable bonds is 1. The van der Waals surface area contributed by atoms with Crippen molar-refractivity contribution in [2.45, 2.75) is 0 Å². The van der Waals surface area contributed by atoms with Crippen LogP contribution in [0, 0.1) is 0 Å². The first-order valence-electron chi connectivity index (χ1n) is 4.88. The van der Waals surface area contributed by atoms with Gasteiger partial charge in [-0.15, -0.1) is 0 Å². The topological polar surface area (TPSA) is 149 Å². The largest absolute Gasteiger partial charge is 0.504 e. The molecule has 0 aliphatic heterocycles. The molecule has 0 saturated carbocycles. The summed E-state index contributed by atoms with van der Waals surface area (Å²) < 4.78 is 52.5. The number of phenols is 2. The van der Waals surface area contributed by atoms with Crippen LogP contribution in [0.1, 0.15) is 0 Å². The van der Waals surface area contributed by atoms with Crippen LogP contribution in [0.25, 0.3) is 10.8 Å². The Kier molecular flexibility index (Phi) is 4.55. The zero-order valence-electron chi connectivity index (χ0n) is 9.70. The summed E-state index contributed by atoms with van der Waals surface area (Å²) in [5.41, 5.74) is 0. The lowest BCUT2D eigenvalue weighted by Crippen LogP contribution is -2.11. The van der Waals surface area contributed by atoms with Crippen molar-refractivity contribution in [1.29, 1.82) is 0 Å². The summed E-state index contributed by atoms with van der Waals surface area (Å²) >= 11 is 0. The lowest BCUT2D eigenvalue weighted by atomic mass is 10.1. The molecule has 2 rings (SSSR count). The quantitative estimate of drug-likeness (QED) is 0.344. The number of benzene rings is 2. The van der Waals surface area contributed by atoms with E-state index in [1.54, 1.807) is 12.1 Å². The summed E-state index contributed by atoms with van der Waals surface area (Å²) in [6, 6.07) is 10.6. The van der Waals surface area contributed by atoms with Gasteiger partial charge in [0.1, 0.15) is 0 Å². The van der Waals surface area contributed by atoms with E-state index in [9.17, 15) is 21.9 Å². The molecule has 2 aromatic rings. The number of fused-ring (bicyclic) bond motifs is 1. The molecule has 0 aliphatic carbocycles. The van der Waals surface area contributed by atoms with Gasteiger partial charge in [-0.25, -0.2) is 0 Å². The fourth-order valence-corrected chi connectivity index (χ4v) is 1.24. The van der Waals surface area contributed by atoms with Crippen LogP contribution >= 0.6 is 0 Å². The standard InChI is InChI=1S/C10H8O2.H2O6S2/c11-9-6-5-7-3-1-2-4-8(7)10(9)12;1-7(2,3)8(4,5)6/h1-6,11-12H;(H,1,2,3)(H,4,5,6). The Morgan fingerprint density at radius 1 is 0.750 bits per heavy atom. The van der Waals surface area contributed by atoms with Crippen LogP contribution in [-0.2, 0) is 18.3 Å². The molecule has 0 fully saturated rings. The van der Waals surface area contributed by atoms with E-state index in [2.05, 4.69) is 0 Å². The maximum absolute atomic E-state index is 9.41. The van der Waals surface area contributed by atoms with Crippen molar-refractivity contribution < 1.29 is 36.2 Å². The maximum Gasteiger partial charge on any atom is 0.397 e. The third kappa shape index (κ3) is 3.81. The average molecular weight is 322 g/mol. The predicted octanol–water partition coefficient (Wildman–Crippen LogP) is 0.928. The van der Waals surface area contributed by atoms with Gasteiger partial charge < -0.3 is 10.2 Å². The molecule has 8 nitrogen and oxygen atoms in total. The summed E-state index contributed by atoms with van der Waals surface area (Å²) in [5, 5.41) is 20.2. The van der Waals surface area contributed by atoms with Gasteiger partial charge in [0.05, 0.1) is 0 Å². The van der Waals surface area contributed by atoms with E-state index in [4.69, 9.17) is 14.2 Å². The highest BCUT2D eigenvalue weighted by atomic mass is 33.2. The lowest BCUT2D eigenvalue weighted by molar-refractivity contribution is 0.408. The molecular formula is C10H10O8S2. The second-order valence-electron chi connectivity index (χ2n) is 3.51. The van der Waals surface area contributed by atoms with E-state index in [-0.39, 0.29) is 11.5 Å². The summed E-state index contributed by atoms with van der Waals surface area (Å²) in [4.78, 5) is 0. The Morgan fingerprint density at radius 2 is 1.25 bits per heavy atom. The first-order chi connectivity index (χ1) is 9.04. The molecule has 0 heterocycles. The molecule has 0 aromatic heterocycles. The number of phenolic OH excluding ortho intramolecular Hbond substituents is 2. The second kappa shape index (κ2) is 5.63. The predicted molar refractivity (Wildman–Crippen MR) is 70.4 cm³/mol. The summed E-state index contributed by atoms with van der Waals surface area (Å²) in [6.07, 6.45) is 0. The molecule has 0 atom stereocenters. The zero-order valence-corrected chi connectivity index (χ0v) is 11.3. The molecule has 0 unspecified atom stereocenters. The fourth-order valence-electron chi connectivity index (χ4n) is 1.24. The molecule has 110 valence electrons. The smallest absolute Gasteiger partial charge is 0.397 e. The Hall–Kier alpha value is -1.88. The number of hydrogen-bond acceptors (Lipinski definition) is 6. The van der Waals surface area contributed by atoms with Crippen LogP contribution in [0.15, 0.2) is 36.4 Å². The zero-order chi connectivity index (χ0) is 15.6. The highest BCUT2D eigenvalue weighted by Crippen LogP contribution is 2.32. The van der Waals surface area contributed by atoms with Gasteiger partial charge in [0.25, 0.3) is 0 Å². The average Bonchev–Trinajstić information content (AvgIpc) is 2.33. The van der Waals surface area contributed by atoms with Crippen molar-refractivity contribution in [3.63, 3.8) is 0 Å². The SMILES string of the molecule is O=S(=O)(O)S(=O)(=O)O.Oc1ccc2ccccc2c1O. The van der Waals surface area contributed by atoms with Gasteiger partial charge in [-0.2, -0.15) is 16.8 Å². The summed E-state index contributed by atoms with van der Waals surface area (Å²) in [6.45, 7) is 0. The molecule has 0 bridgehead atoms. The van der Waals surface area contributed by atoms with Gasteiger partial charge >= 0.3 is 18.3 Å². The lowest BCUT2D eigenvalue weighted by Gasteiger charge is -2.01. The molecule has 0 spiro atoms.